The molecule has 0 unspecified atom stereocenters. The Morgan fingerprint density at radius 1 is 1.03 bits per heavy atom. The first-order valence-corrected chi connectivity index (χ1v) is 10.4. The van der Waals surface area contributed by atoms with E-state index in [1.807, 2.05) is 67.3 Å². The zero-order chi connectivity index (χ0) is 21.4. The molecule has 1 saturated heterocycles. The summed E-state index contributed by atoms with van der Waals surface area (Å²) in [4.78, 5) is 26.3. The lowest BCUT2D eigenvalue weighted by molar-refractivity contribution is 0.0299. The predicted molar refractivity (Wildman–Crippen MR) is 119 cm³/mol. The van der Waals surface area contributed by atoms with Crippen LogP contribution in [0.4, 0.5) is 0 Å². The average Bonchev–Trinajstić information content (AvgIpc) is 3.33. The zero-order valence-electron chi connectivity index (χ0n) is 17.6. The second kappa shape index (κ2) is 7.92. The van der Waals surface area contributed by atoms with Crippen LogP contribution < -0.4 is 4.74 Å². The first kappa shape index (κ1) is 19.4. The second-order valence-corrected chi connectivity index (χ2v) is 7.71. The van der Waals surface area contributed by atoms with Crippen molar-refractivity contribution >= 4 is 16.9 Å². The summed E-state index contributed by atoms with van der Waals surface area (Å²) < 4.78 is 11.3. The van der Waals surface area contributed by atoms with Crippen LogP contribution in [0, 0.1) is 13.8 Å². The maximum atomic E-state index is 13.0. The third-order valence-electron chi connectivity index (χ3n) is 5.62. The quantitative estimate of drug-likeness (QED) is 0.515. The second-order valence-electron chi connectivity index (χ2n) is 7.71. The Balaban J connectivity index is 1.46. The highest BCUT2D eigenvalue weighted by molar-refractivity contribution is 5.96. The van der Waals surface area contributed by atoms with Crippen LogP contribution in [0.3, 0.4) is 0 Å². The van der Waals surface area contributed by atoms with Gasteiger partial charge in [-0.05, 0) is 43.7 Å². The molecular weight excluding hydrogens is 392 g/mol. The van der Waals surface area contributed by atoms with Crippen LogP contribution in [-0.4, -0.2) is 52.1 Å². The fourth-order valence-corrected chi connectivity index (χ4v) is 4.04. The van der Waals surface area contributed by atoms with E-state index in [4.69, 9.17) is 14.5 Å². The summed E-state index contributed by atoms with van der Waals surface area (Å²) in [6, 6.07) is 15.5. The van der Waals surface area contributed by atoms with Gasteiger partial charge in [0.15, 0.2) is 0 Å². The van der Waals surface area contributed by atoms with E-state index in [-0.39, 0.29) is 5.91 Å². The Morgan fingerprint density at radius 3 is 2.58 bits per heavy atom. The Bertz CT molecular complexity index is 1240. The van der Waals surface area contributed by atoms with Crippen molar-refractivity contribution in [3.63, 3.8) is 0 Å². The molecule has 0 bridgehead atoms. The first-order valence-electron chi connectivity index (χ1n) is 10.4. The van der Waals surface area contributed by atoms with Crippen molar-refractivity contribution in [1.29, 1.82) is 0 Å². The monoisotopic (exact) mass is 416 g/mol. The zero-order valence-corrected chi connectivity index (χ0v) is 17.6. The predicted octanol–water partition coefficient (Wildman–Crippen LogP) is 4.44. The van der Waals surface area contributed by atoms with Crippen molar-refractivity contribution in [2.45, 2.75) is 13.8 Å². The number of carbonyl (C=O) groups is 1. The van der Waals surface area contributed by atoms with Crippen molar-refractivity contribution in [2.75, 3.05) is 26.3 Å². The maximum Gasteiger partial charge on any atom is 0.270 e. The van der Waals surface area contributed by atoms with Gasteiger partial charge in [-0.2, -0.15) is 0 Å². The van der Waals surface area contributed by atoms with Gasteiger partial charge in [0.25, 0.3) is 5.91 Å². The number of rotatable bonds is 4. The number of para-hydroxylation sites is 1. The molecule has 3 heterocycles. The van der Waals surface area contributed by atoms with Crippen molar-refractivity contribution in [2.24, 2.45) is 0 Å². The number of aromatic nitrogens is 3. The Hall–Kier alpha value is -3.58. The van der Waals surface area contributed by atoms with Gasteiger partial charge in [-0.15, -0.1) is 0 Å². The molecule has 2 aromatic heterocycles. The lowest BCUT2D eigenvalue weighted by atomic mass is 10.1. The van der Waals surface area contributed by atoms with Gasteiger partial charge >= 0.3 is 0 Å². The third kappa shape index (κ3) is 3.68. The van der Waals surface area contributed by atoms with Crippen LogP contribution in [0.2, 0.25) is 0 Å². The number of fused-ring (bicyclic) bond motifs is 1. The Labute approximate surface area is 180 Å². The summed E-state index contributed by atoms with van der Waals surface area (Å²) in [7, 11) is 0. The molecule has 4 aromatic rings. The molecule has 7 nitrogen and oxygen atoms in total. The van der Waals surface area contributed by atoms with E-state index < -0.39 is 0 Å². The van der Waals surface area contributed by atoms with E-state index in [1.165, 1.54) is 0 Å². The molecule has 2 N–H and O–H groups in total. The topological polar surface area (TPSA) is 83.2 Å². The van der Waals surface area contributed by atoms with Crippen LogP contribution in [0.15, 0.2) is 48.5 Å². The maximum absolute atomic E-state index is 13.0. The van der Waals surface area contributed by atoms with Gasteiger partial charge in [0.2, 0.25) is 0 Å². The highest BCUT2D eigenvalue weighted by Gasteiger charge is 2.25. The number of morpholine rings is 1. The van der Waals surface area contributed by atoms with E-state index in [0.717, 1.165) is 45.2 Å². The minimum absolute atomic E-state index is 0.00445. The van der Waals surface area contributed by atoms with E-state index >= 15 is 0 Å². The highest BCUT2D eigenvalue weighted by atomic mass is 16.5. The molecule has 0 saturated carbocycles. The molecule has 0 aliphatic carbocycles. The van der Waals surface area contributed by atoms with Gasteiger partial charge in [0.05, 0.1) is 24.2 Å². The van der Waals surface area contributed by atoms with Crippen molar-refractivity contribution in [3.05, 3.63) is 65.5 Å². The normalized spacial score (nSPS) is 14.2. The number of H-pyrrole nitrogens is 2. The molecule has 0 radical (unpaired) electrons. The fourth-order valence-electron chi connectivity index (χ4n) is 4.04. The number of carbonyl (C=O) groups excluding carboxylic acids is 1. The van der Waals surface area contributed by atoms with Crippen LogP contribution in [-0.2, 0) is 4.74 Å². The van der Waals surface area contributed by atoms with E-state index in [0.29, 0.717) is 32.0 Å². The van der Waals surface area contributed by atoms with E-state index in [1.54, 1.807) is 0 Å². The van der Waals surface area contributed by atoms with Crippen LogP contribution in [0.25, 0.3) is 22.4 Å². The SMILES string of the molecule is Cc1[nH]c(C(=O)N2CCOCC2)c(C)c1-c1nc2ccc(Oc3ccccc3)cc2[nH]1. The molecule has 5 rings (SSSR count). The number of nitrogens with one attached hydrogen (secondary N) is 2. The smallest absolute Gasteiger partial charge is 0.270 e. The summed E-state index contributed by atoms with van der Waals surface area (Å²) in [6.45, 7) is 6.31. The van der Waals surface area contributed by atoms with Gasteiger partial charge in [-0.1, -0.05) is 18.2 Å². The molecule has 0 spiro atoms. The molecule has 1 amide bonds. The molecule has 31 heavy (non-hydrogen) atoms. The van der Waals surface area contributed by atoms with Crippen molar-refractivity contribution in [3.8, 4) is 22.9 Å². The van der Waals surface area contributed by atoms with Crippen LogP contribution in [0.5, 0.6) is 11.5 Å². The summed E-state index contributed by atoms with van der Waals surface area (Å²) in [6.07, 6.45) is 0. The molecule has 1 fully saturated rings. The van der Waals surface area contributed by atoms with E-state index in [2.05, 4.69) is 9.97 Å². The van der Waals surface area contributed by atoms with Crippen molar-refractivity contribution < 1.29 is 14.3 Å². The molecule has 1 aliphatic heterocycles. The van der Waals surface area contributed by atoms with Gasteiger partial charge < -0.3 is 24.3 Å². The average molecular weight is 416 g/mol. The standard InChI is InChI=1S/C24H24N4O3/c1-15-21(16(2)25-22(15)24(29)28-10-12-30-13-11-28)23-26-19-9-8-18(14-20(19)27-23)31-17-6-4-3-5-7-17/h3-9,14,25H,10-13H2,1-2H3,(H,26,27). The van der Waals surface area contributed by atoms with Crippen LogP contribution in [0.1, 0.15) is 21.7 Å². The number of imidazole rings is 1. The first-order chi connectivity index (χ1) is 15.1. The van der Waals surface area contributed by atoms with Gasteiger partial charge in [-0.25, -0.2) is 4.98 Å². The molecule has 7 heteroatoms. The number of benzene rings is 2. The summed E-state index contributed by atoms with van der Waals surface area (Å²) in [5.74, 6) is 2.26. The third-order valence-corrected chi connectivity index (χ3v) is 5.62. The Kier molecular flexibility index (Phi) is 4.95. The summed E-state index contributed by atoms with van der Waals surface area (Å²) >= 11 is 0. The number of amides is 1. The highest BCUT2D eigenvalue weighted by Crippen LogP contribution is 2.31. The number of hydrogen-bond acceptors (Lipinski definition) is 4. The largest absolute Gasteiger partial charge is 0.457 e. The lowest BCUT2D eigenvalue weighted by Gasteiger charge is -2.26. The molecule has 2 aromatic carbocycles. The minimum Gasteiger partial charge on any atom is -0.457 e. The Morgan fingerprint density at radius 2 is 1.81 bits per heavy atom. The van der Waals surface area contributed by atoms with E-state index in [9.17, 15) is 4.79 Å². The van der Waals surface area contributed by atoms with Crippen molar-refractivity contribution in [1.82, 2.24) is 19.9 Å². The summed E-state index contributed by atoms with van der Waals surface area (Å²) in [5.41, 5.74) is 5.07. The molecule has 158 valence electrons. The minimum atomic E-state index is 0.00445. The molecular formula is C24H24N4O3. The number of ether oxygens (including phenoxy) is 2. The lowest BCUT2D eigenvalue weighted by Crippen LogP contribution is -2.41. The van der Waals surface area contributed by atoms with Gasteiger partial charge in [-0.3, -0.25) is 4.79 Å². The number of hydrogen-bond donors (Lipinski definition) is 2. The molecule has 0 atom stereocenters. The van der Waals surface area contributed by atoms with Gasteiger partial charge in [0, 0.05) is 30.4 Å². The number of nitrogens with zero attached hydrogens (tertiary/aromatic N) is 2. The summed E-state index contributed by atoms with van der Waals surface area (Å²) in [5, 5.41) is 0. The number of aromatic amines is 2. The van der Waals surface area contributed by atoms with Gasteiger partial charge in [0.1, 0.15) is 23.0 Å². The van der Waals surface area contributed by atoms with Crippen LogP contribution >= 0.6 is 0 Å². The number of aryl methyl sites for hydroxylation is 1. The molecule has 1 aliphatic rings. The fraction of sp³-hybridized carbons (Fsp3) is 0.250.